The van der Waals surface area contributed by atoms with Crippen LogP contribution in [0.3, 0.4) is 0 Å². The number of benzene rings is 5. The molecule has 4 heteroatoms. The van der Waals surface area contributed by atoms with E-state index in [4.69, 9.17) is 15.0 Å². The molecule has 0 saturated carbocycles. The Morgan fingerprint density at radius 1 is 0.522 bits per heavy atom. The second-order valence-corrected chi connectivity index (χ2v) is 12.5. The number of rotatable bonds is 5. The fourth-order valence-corrected chi connectivity index (χ4v) is 7.86. The molecule has 1 aliphatic rings. The molecule has 0 spiro atoms. The van der Waals surface area contributed by atoms with Crippen LogP contribution >= 0.6 is 11.3 Å². The highest BCUT2D eigenvalue weighted by molar-refractivity contribution is 7.22. The summed E-state index contributed by atoms with van der Waals surface area (Å²) in [6.07, 6.45) is 0. The Kier molecular flexibility index (Phi) is 6.12. The minimum absolute atomic E-state index is 0.579. The van der Waals surface area contributed by atoms with E-state index in [9.17, 15) is 0 Å². The molecule has 0 N–H and O–H groups in total. The predicted molar refractivity (Wildman–Crippen MR) is 186 cm³/mol. The third kappa shape index (κ3) is 4.10. The third-order valence-corrected chi connectivity index (χ3v) is 9.98. The summed E-state index contributed by atoms with van der Waals surface area (Å²) in [5.74, 6) is 1.97. The molecule has 0 fully saturated rings. The molecule has 0 saturated heterocycles. The lowest BCUT2D eigenvalue weighted by molar-refractivity contribution is 0.769. The second kappa shape index (κ2) is 10.6. The van der Waals surface area contributed by atoms with Crippen LogP contribution in [-0.2, 0) is 5.41 Å². The highest BCUT2D eigenvalue weighted by atomic mass is 32.1. The largest absolute Gasteiger partial charge is 0.208 e. The molecule has 6 aromatic carbocycles. The first-order valence-corrected chi connectivity index (χ1v) is 16.1. The van der Waals surface area contributed by atoms with E-state index in [1.54, 1.807) is 11.3 Å². The van der Waals surface area contributed by atoms with E-state index >= 15 is 0 Å². The molecule has 8 aromatic rings. The molecule has 1 atom stereocenters. The lowest BCUT2D eigenvalue weighted by Crippen LogP contribution is -2.28. The van der Waals surface area contributed by atoms with Gasteiger partial charge in [0.25, 0.3) is 0 Å². The van der Waals surface area contributed by atoms with Crippen molar-refractivity contribution in [2.45, 2.75) is 5.41 Å². The molecule has 214 valence electrons. The highest BCUT2D eigenvalue weighted by Crippen LogP contribution is 2.55. The average Bonchev–Trinajstić information content (AvgIpc) is 3.71. The van der Waals surface area contributed by atoms with Crippen molar-refractivity contribution < 1.29 is 0 Å². The summed E-state index contributed by atoms with van der Waals surface area (Å²) >= 11 is 1.70. The van der Waals surface area contributed by atoms with E-state index in [0.29, 0.717) is 17.5 Å². The van der Waals surface area contributed by atoms with Crippen LogP contribution in [0.15, 0.2) is 152 Å². The van der Waals surface area contributed by atoms with Gasteiger partial charge in [-0.3, -0.25) is 0 Å². The zero-order valence-electron chi connectivity index (χ0n) is 24.7. The summed E-state index contributed by atoms with van der Waals surface area (Å²) < 4.78 is 1.21. The lowest BCUT2D eigenvalue weighted by atomic mass is 9.68. The predicted octanol–water partition coefficient (Wildman–Crippen LogP) is 10.1. The summed E-state index contributed by atoms with van der Waals surface area (Å²) in [5, 5.41) is 1.18. The number of hydrogen-bond donors (Lipinski definition) is 0. The normalized spacial score (nSPS) is 12.8. The Balaban J connectivity index is 1.29. The zero-order chi connectivity index (χ0) is 30.5. The molecule has 1 unspecified atom stereocenters. The maximum Gasteiger partial charge on any atom is 0.174 e. The summed E-state index contributed by atoms with van der Waals surface area (Å²) in [5.41, 5.74) is 8.35. The molecule has 46 heavy (non-hydrogen) atoms. The quantitative estimate of drug-likeness (QED) is 0.197. The van der Waals surface area contributed by atoms with Crippen LogP contribution < -0.4 is 0 Å². The molecule has 3 nitrogen and oxygen atoms in total. The van der Waals surface area contributed by atoms with Gasteiger partial charge in [-0.05, 0) is 63.5 Å². The summed E-state index contributed by atoms with van der Waals surface area (Å²) in [6.45, 7) is 0. The minimum atomic E-state index is -0.579. The van der Waals surface area contributed by atoms with Gasteiger partial charge in [0.2, 0.25) is 0 Å². The maximum atomic E-state index is 5.12. The number of aromatic nitrogens is 3. The van der Waals surface area contributed by atoms with Gasteiger partial charge in [0.15, 0.2) is 17.5 Å². The lowest BCUT2D eigenvalue weighted by Gasteiger charge is -2.33. The van der Waals surface area contributed by atoms with E-state index in [0.717, 1.165) is 27.1 Å². The fraction of sp³-hybridized carbons (Fsp3) is 0.0238. The van der Waals surface area contributed by atoms with Crippen LogP contribution in [0, 0.1) is 12.1 Å². The smallest absolute Gasteiger partial charge is 0.174 e. The van der Waals surface area contributed by atoms with Crippen molar-refractivity contribution in [1.29, 1.82) is 0 Å². The molecule has 9 rings (SSSR count). The Morgan fingerprint density at radius 3 is 2.04 bits per heavy atom. The molecule has 1 aliphatic carbocycles. The monoisotopic (exact) mass is 603 g/mol. The van der Waals surface area contributed by atoms with Crippen molar-refractivity contribution >= 4 is 21.4 Å². The molecular formula is C42H25N3S. The van der Waals surface area contributed by atoms with Gasteiger partial charge in [0, 0.05) is 21.4 Å². The first-order chi connectivity index (χ1) is 22.8. The first-order valence-electron chi connectivity index (χ1n) is 15.3. The van der Waals surface area contributed by atoms with Crippen molar-refractivity contribution in [3.05, 3.63) is 186 Å². The van der Waals surface area contributed by atoms with Crippen LogP contribution in [0.4, 0.5) is 0 Å². The minimum Gasteiger partial charge on any atom is -0.208 e. The molecular weight excluding hydrogens is 579 g/mol. The van der Waals surface area contributed by atoms with Gasteiger partial charge >= 0.3 is 0 Å². The number of thiophene rings is 1. The van der Waals surface area contributed by atoms with Gasteiger partial charge in [-0.15, -0.1) is 11.3 Å². The van der Waals surface area contributed by atoms with E-state index < -0.39 is 5.41 Å². The molecule has 0 aliphatic heterocycles. The zero-order valence-corrected chi connectivity index (χ0v) is 25.5. The van der Waals surface area contributed by atoms with Crippen LogP contribution in [0.2, 0.25) is 0 Å². The molecule has 2 aromatic heterocycles. The van der Waals surface area contributed by atoms with E-state index in [-0.39, 0.29) is 0 Å². The number of fused-ring (bicyclic) bond motifs is 4. The van der Waals surface area contributed by atoms with Crippen molar-refractivity contribution in [2.24, 2.45) is 0 Å². The number of hydrogen-bond acceptors (Lipinski definition) is 4. The van der Waals surface area contributed by atoms with Gasteiger partial charge in [-0.2, -0.15) is 0 Å². The Morgan fingerprint density at radius 2 is 1.20 bits per heavy atom. The highest BCUT2D eigenvalue weighted by Gasteiger charge is 2.46. The van der Waals surface area contributed by atoms with Crippen molar-refractivity contribution in [3.63, 3.8) is 0 Å². The Hall–Kier alpha value is -5.89. The maximum absolute atomic E-state index is 5.12. The molecule has 2 heterocycles. The van der Waals surface area contributed by atoms with Crippen LogP contribution in [0.25, 0.3) is 54.7 Å². The molecule has 0 amide bonds. The molecule has 0 bridgehead atoms. The van der Waals surface area contributed by atoms with E-state index in [2.05, 4.69) is 127 Å². The molecule has 0 radical (unpaired) electrons. The van der Waals surface area contributed by atoms with Gasteiger partial charge in [0.1, 0.15) is 0 Å². The van der Waals surface area contributed by atoms with Gasteiger partial charge in [0.05, 0.1) is 10.3 Å². The van der Waals surface area contributed by atoms with E-state index in [1.807, 2.05) is 36.4 Å². The van der Waals surface area contributed by atoms with Crippen LogP contribution in [0.5, 0.6) is 0 Å². The summed E-state index contributed by atoms with van der Waals surface area (Å²) in [6, 6.07) is 59.8. The Bertz CT molecular complexity index is 2300. The Labute approximate surface area is 271 Å². The number of nitrogens with zero attached hydrogens (tertiary/aromatic N) is 3. The third-order valence-electron chi connectivity index (χ3n) is 8.87. The van der Waals surface area contributed by atoms with Gasteiger partial charge in [-0.1, -0.05) is 133 Å². The second-order valence-electron chi connectivity index (χ2n) is 11.5. The average molecular weight is 604 g/mol. The standard InChI is InChI=1S/C42H25N3S/c1-3-14-28(15-4-1)39-43-40(45-41(44-39)38-27-29-16-7-12-25-37(29)46-38)30-17-13-20-32(26-30)42(31-18-5-2-6-19-31)35-23-10-8-21-33(35)34-22-9-11-24-36(34)42/h1-10,12-23,25-27H. The van der Waals surface area contributed by atoms with Crippen molar-refractivity contribution in [2.75, 3.05) is 0 Å². The van der Waals surface area contributed by atoms with Crippen LogP contribution in [0.1, 0.15) is 22.3 Å². The first kappa shape index (κ1) is 26.5. The van der Waals surface area contributed by atoms with Gasteiger partial charge < -0.3 is 0 Å². The summed E-state index contributed by atoms with van der Waals surface area (Å²) in [4.78, 5) is 16.2. The SMILES string of the molecule is c1ccc2c(c#1)C(c1ccccc1)(c1cccc(-c3nc(-c4ccccc4)nc(-c4cc5ccccc5s4)n3)c1)c1ccccc1-2. The van der Waals surface area contributed by atoms with Crippen LogP contribution in [-0.4, -0.2) is 15.0 Å². The van der Waals surface area contributed by atoms with Crippen molar-refractivity contribution in [1.82, 2.24) is 15.0 Å². The van der Waals surface area contributed by atoms with Crippen molar-refractivity contribution in [3.8, 4) is 44.6 Å². The fourth-order valence-electron chi connectivity index (χ4n) is 6.86. The summed E-state index contributed by atoms with van der Waals surface area (Å²) in [7, 11) is 0. The van der Waals surface area contributed by atoms with E-state index in [1.165, 1.54) is 32.3 Å². The topological polar surface area (TPSA) is 38.7 Å². The van der Waals surface area contributed by atoms with Gasteiger partial charge in [-0.25, -0.2) is 15.0 Å².